The summed E-state index contributed by atoms with van der Waals surface area (Å²) in [6.45, 7) is 3.40. The van der Waals surface area contributed by atoms with Gasteiger partial charge in [-0.25, -0.2) is 0 Å². The van der Waals surface area contributed by atoms with Crippen molar-refractivity contribution >= 4 is 5.97 Å². The summed E-state index contributed by atoms with van der Waals surface area (Å²) in [5.74, 6) is -0.516. The summed E-state index contributed by atoms with van der Waals surface area (Å²) in [6.07, 6.45) is 4.34. The van der Waals surface area contributed by atoms with Gasteiger partial charge in [-0.3, -0.25) is 9.69 Å². The van der Waals surface area contributed by atoms with E-state index in [-0.39, 0.29) is 18.0 Å². The average molecular weight is 380 g/mol. The van der Waals surface area contributed by atoms with Gasteiger partial charge in [0.1, 0.15) is 12.0 Å². The second-order valence-electron chi connectivity index (χ2n) is 7.73. The van der Waals surface area contributed by atoms with Gasteiger partial charge in [-0.2, -0.15) is 0 Å². The molecule has 1 saturated heterocycles. The molecule has 0 N–H and O–H groups in total. The van der Waals surface area contributed by atoms with Gasteiger partial charge in [0.25, 0.3) is 0 Å². The molecule has 148 valence electrons. The number of morpholine rings is 1. The molecule has 2 aliphatic rings. The molecule has 0 amide bonds. The van der Waals surface area contributed by atoms with Gasteiger partial charge in [-0.15, -0.1) is 0 Å². The van der Waals surface area contributed by atoms with Crippen molar-refractivity contribution in [2.45, 2.75) is 43.7 Å². The number of carbonyl (C=O) groups excluding carboxylic acids is 1. The van der Waals surface area contributed by atoms with E-state index >= 15 is 0 Å². The van der Waals surface area contributed by atoms with Crippen LogP contribution in [0.25, 0.3) is 0 Å². The van der Waals surface area contributed by atoms with Crippen molar-refractivity contribution in [1.82, 2.24) is 4.90 Å². The Morgan fingerprint density at radius 3 is 2.07 bits per heavy atom. The second kappa shape index (κ2) is 9.35. The normalized spacial score (nSPS) is 23.5. The lowest BCUT2D eigenvalue weighted by molar-refractivity contribution is -0.156. The monoisotopic (exact) mass is 379 g/mol. The van der Waals surface area contributed by atoms with Crippen molar-refractivity contribution in [3.8, 4) is 0 Å². The Morgan fingerprint density at radius 1 is 0.893 bits per heavy atom. The molecule has 1 saturated carbocycles. The predicted octanol–water partition coefficient (Wildman–Crippen LogP) is 4.01. The average Bonchev–Trinajstić information content (AvgIpc) is 2.76. The number of hydrogen-bond acceptors (Lipinski definition) is 4. The quantitative estimate of drug-likeness (QED) is 0.736. The van der Waals surface area contributed by atoms with E-state index in [4.69, 9.17) is 9.47 Å². The Morgan fingerprint density at radius 2 is 1.46 bits per heavy atom. The Hall–Kier alpha value is -2.17. The maximum atomic E-state index is 13.4. The van der Waals surface area contributed by atoms with Gasteiger partial charge < -0.3 is 9.47 Å². The summed E-state index contributed by atoms with van der Waals surface area (Å²) in [5.41, 5.74) is 1.97. The third kappa shape index (κ3) is 4.45. The number of hydrogen-bond donors (Lipinski definition) is 0. The summed E-state index contributed by atoms with van der Waals surface area (Å²) < 4.78 is 11.7. The zero-order valence-corrected chi connectivity index (χ0v) is 16.3. The summed E-state index contributed by atoms with van der Waals surface area (Å²) in [6, 6.07) is 20.3. The molecule has 0 spiro atoms. The molecule has 4 heteroatoms. The van der Waals surface area contributed by atoms with E-state index in [1.807, 2.05) is 60.7 Å². The lowest BCUT2D eigenvalue weighted by Gasteiger charge is -2.41. The zero-order valence-electron chi connectivity index (χ0n) is 16.3. The molecule has 28 heavy (non-hydrogen) atoms. The topological polar surface area (TPSA) is 38.8 Å². The second-order valence-corrected chi connectivity index (χ2v) is 7.73. The number of ether oxygens (including phenoxy) is 2. The van der Waals surface area contributed by atoms with Crippen LogP contribution in [0.5, 0.6) is 0 Å². The van der Waals surface area contributed by atoms with E-state index in [0.717, 1.165) is 56.7 Å². The third-order valence-corrected chi connectivity index (χ3v) is 5.95. The summed E-state index contributed by atoms with van der Waals surface area (Å²) in [7, 11) is 0. The third-order valence-electron chi connectivity index (χ3n) is 5.95. The molecule has 1 heterocycles. The summed E-state index contributed by atoms with van der Waals surface area (Å²) >= 11 is 0. The first kappa shape index (κ1) is 19.2. The lowest BCUT2D eigenvalue weighted by Crippen LogP contribution is -2.51. The van der Waals surface area contributed by atoms with Crippen LogP contribution in [0.2, 0.25) is 0 Å². The van der Waals surface area contributed by atoms with E-state index in [1.165, 1.54) is 6.42 Å². The van der Waals surface area contributed by atoms with Crippen molar-refractivity contribution in [3.05, 3.63) is 71.8 Å². The maximum Gasteiger partial charge on any atom is 0.318 e. The molecular formula is C24H29NO3. The fraction of sp³-hybridized carbons (Fsp3) is 0.458. The van der Waals surface area contributed by atoms with E-state index in [1.54, 1.807) is 0 Å². The highest BCUT2D eigenvalue weighted by molar-refractivity contribution is 5.82. The van der Waals surface area contributed by atoms with Gasteiger partial charge in [0.15, 0.2) is 0 Å². The molecule has 0 aromatic heterocycles. The fourth-order valence-electron chi connectivity index (χ4n) is 4.51. The van der Waals surface area contributed by atoms with Crippen LogP contribution < -0.4 is 0 Å². The molecule has 1 aliphatic heterocycles. The molecule has 1 aliphatic carbocycles. The van der Waals surface area contributed by atoms with Gasteiger partial charge >= 0.3 is 5.97 Å². The van der Waals surface area contributed by atoms with Crippen molar-refractivity contribution < 1.29 is 14.3 Å². The number of nitrogens with zero attached hydrogens (tertiary/aromatic N) is 1. The smallest absolute Gasteiger partial charge is 0.318 e. The Labute approximate surface area is 167 Å². The first-order valence-corrected chi connectivity index (χ1v) is 10.4. The van der Waals surface area contributed by atoms with E-state index in [2.05, 4.69) is 4.90 Å². The molecule has 2 aromatic carbocycles. The minimum absolute atomic E-state index is 0.0331. The van der Waals surface area contributed by atoms with Crippen molar-refractivity contribution in [3.63, 3.8) is 0 Å². The number of benzene rings is 2. The number of rotatable bonds is 5. The molecule has 0 bridgehead atoms. The predicted molar refractivity (Wildman–Crippen MR) is 109 cm³/mol. The highest BCUT2D eigenvalue weighted by atomic mass is 16.5. The first-order chi connectivity index (χ1) is 13.8. The Bertz CT molecular complexity index is 703. The van der Waals surface area contributed by atoms with Gasteiger partial charge in [-0.1, -0.05) is 67.1 Å². The van der Waals surface area contributed by atoms with Crippen LogP contribution in [0.1, 0.15) is 42.7 Å². The van der Waals surface area contributed by atoms with Gasteiger partial charge in [-0.05, 0) is 30.4 Å². The van der Waals surface area contributed by atoms with Crippen molar-refractivity contribution in [2.24, 2.45) is 0 Å². The maximum absolute atomic E-state index is 13.4. The first-order valence-electron chi connectivity index (χ1n) is 10.4. The molecule has 4 nitrogen and oxygen atoms in total. The molecule has 2 fully saturated rings. The van der Waals surface area contributed by atoms with Gasteiger partial charge in [0, 0.05) is 19.1 Å². The van der Waals surface area contributed by atoms with E-state index in [9.17, 15) is 4.79 Å². The van der Waals surface area contributed by atoms with Crippen LogP contribution in [0, 0.1) is 0 Å². The van der Waals surface area contributed by atoms with Gasteiger partial charge in [0.05, 0.1) is 13.2 Å². The summed E-state index contributed by atoms with van der Waals surface area (Å²) in [5, 5.41) is 0. The standard InChI is InChI=1S/C24H29NO3/c26-24(23(19-9-3-1-4-10-19)20-11-5-2-6-12-20)28-22-14-8-7-13-21(22)25-15-17-27-18-16-25/h1-6,9-12,21-23H,7-8,13-18H2/t21-,22-/m1/s1. The highest BCUT2D eigenvalue weighted by Gasteiger charge is 2.35. The largest absolute Gasteiger partial charge is 0.460 e. The van der Waals surface area contributed by atoms with Crippen molar-refractivity contribution in [2.75, 3.05) is 26.3 Å². The highest BCUT2D eigenvalue weighted by Crippen LogP contribution is 2.31. The molecule has 0 radical (unpaired) electrons. The van der Waals surface area contributed by atoms with Gasteiger partial charge in [0.2, 0.25) is 0 Å². The van der Waals surface area contributed by atoms with Crippen LogP contribution in [0.3, 0.4) is 0 Å². The number of esters is 1. The molecule has 2 aromatic rings. The SMILES string of the molecule is O=C(O[C@@H]1CCCC[C@H]1N1CCOCC1)C(c1ccccc1)c1ccccc1. The minimum Gasteiger partial charge on any atom is -0.460 e. The Balaban J connectivity index is 1.54. The molecule has 4 rings (SSSR count). The van der Waals surface area contributed by atoms with Crippen LogP contribution in [0.4, 0.5) is 0 Å². The molecular weight excluding hydrogens is 350 g/mol. The van der Waals surface area contributed by atoms with Crippen molar-refractivity contribution in [1.29, 1.82) is 0 Å². The van der Waals surface area contributed by atoms with Crippen LogP contribution >= 0.6 is 0 Å². The number of carbonyl (C=O) groups is 1. The van der Waals surface area contributed by atoms with Crippen LogP contribution in [-0.4, -0.2) is 49.3 Å². The lowest BCUT2D eigenvalue weighted by atomic mass is 9.89. The summed E-state index contributed by atoms with van der Waals surface area (Å²) in [4.78, 5) is 15.8. The fourth-order valence-corrected chi connectivity index (χ4v) is 4.51. The van der Waals surface area contributed by atoms with Crippen LogP contribution in [0.15, 0.2) is 60.7 Å². The van der Waals surface area contributed by atoms with E-state index < -0.39 is 0 Å². The minimum atomic E-state index is -0.380. The molecule has 2 atom stereocenters. The van der Waals surface area contributed by atoms with Crippen LogP contribution in [-0.2, 0) is 14.3 Å². The van der Waals surface area contributed by atoms with E-state index in [0.29, 0.717) is 6.04 Å². The molecule has 0 unspecified atom stereocenters. The zero-order chi connectivity index (χ0) is 19.2. The Kier molecular flexibility index (Phi) is 6.40.